The maximum absolute atomic E-state index is 12.9. The van der Waals surface area contributed by atoms with Crippen LogP contribution in [0.1, 0.15) is 32.6 Å². The van der Waals surface area contributed by atoms with Gasteiger partial charge in [0.15, 0.2) is 0 Å². The van der Waals surface area contributed by atoms with Gasteiger partial charge in [0.25, 0.3) is 5.92 Å². The van der Waals surface area contributed by atoms with Gasteiger partial charge in [0.05, 0.1) is 12.6 Å². The van der Waals surface area contributed by atoms with Gasteiger partial charge in [-0.25, -0.2) is 8.78 Å². The van der Waals surface area contributed by atoms with Crippen molar-refractivity contribution in [1.82, 2.24) is 10.6 Å². The zero-order valence-corrected chi connectivity index (χ0v) is 9.43. The fourth-order valence-electron chi connectivity index (χ4n) is 2.16. The van der Waals surface area contributed by atoms with Crippen LogP contribution in [0.4, 0.5) is 8.78 Å². The van der Waals surface area contributed by atoms with Crippen LogP contribution >= 0.6 is 0 Å². The van der Waals surface area contributed by atoms with Crippen LogP contribution in [0.5, 0.6) is 0 Å². The molecule has 2 rings (SSSR count). The van der Waals surface area contributed by atoms with Crippen LogP contribution in [0.15, 0.2) is 0 Å². The third-order valence-electron chi connectivity index (χ3n) is 3.20. The lowest BCUT2D eigenvalue weighted by atomic mass is 10.1. The Kier molecular flexibility index (Phi) is 3.15. The van der Waals surface area contributed by atoms with Crippen LogP contribution in [-0.2, 0) is 4.79 Å². The maximum Gasteiger partial charge on any atom is 0.262 e. The minimum atomic E-state index is -2.73. The van der Waals surface area contributed by atoms with Gasteiger partial charge in [-0.05, 0) is 19.3 Å². The van der Waals surface area contributed by atoms with E-state index < -0.39 is 12.0 Å². The molecule has 1 aliphatic heterocycles. The molecule has 0 aromatic rings. The van der Waals surface area contributed by atoms with Crippen molar-refractivity contribution in [2.45, 2.75) is 50.6 Å². The monoisotopic (exact) mass is 232 g/mol. The van der Waals surface area contributed by atoms with E-state index in [0.717, 1.165) is 12.3 Å². The van der Waals surface area contributed by atoms with E-state index in [0.29, 0.717) is 0 Å². The Morgan fingerprint density at radius 1 is 1.56 bits per heavy atom. The predicted octanol–water partition coefficient (Wildman–Crippen LogP) is 1.29. The topological polar surface area (TPSA) is 41.1 Å². The molecule has 0 radical (unpaired) electrons. The number of carbonyl (C=O) groups excluding carboxylic acids is 1. The van der Waals surface area contributed by atoms with Crippen LogP contribution in [0.2, 0.25) is 0 Å². The molecule has 1 amide bonds. The largest absolute Gasteiger partial charge is 0.352 e. The van der Waals surface area contributed by atoms with Gasteiger partial charge in [0.2, 0.25) is 5.91 Å². The zero-order chi connectivity index (χ0) is 11.8. The molecule has 0 aromatic carbocycles. The molecule has 2 aliphatic rings. The van der Waals surface area contributed by atoms with E-state index in [1.807, 2.05) is 6.92 Å². The number of rotatable bonds is 4. The van der Waals surface area contributed by atoms with Crippen molar-refractivity contribution in [3.63, 3.8) is 0 Å². The fourth-order valence-corrected chi connectivity index (χ4v) is 2.16. The number of hydrogen-bond donors (Lipinski definition) is 2. The average molecular weight is 232 g/mol. The van der Waals surface area contributed by atoms with E-state index in [9.17, 15) is 13.6 Å². The first-order valence-corrected chi connectivity index (χ1v) is 5.88. The van der Waals surface area contributed by atoms with Crippen LogP contribution < -0.4 is 10.6 Å². The average Bonchev–Trinajstić information content (AvgIpc) is 2.88. The van der Waals surface area contributed by atoms with Crippen LogP contribution in [0.3, 0.4) is 0 Å². The molecule has 5 heteroatoms. The number of hydrogen-bond acceptors (Lipinski definition) is 2. The summed E-state index contributed by atoms with van der Waals surface area (Å²) in [6.07, 6.45) is 3.06. The molecule has 92 valence electrons. The van der Waals surface area contributed by atoms with E-state index in [-0.39, 0.29) is 24.9 Å². The molecule has 0 bridgehead atoms. The second-order valence-electron chi connectivity index (χ2n) is 5.08. The number of alkyl halides is 2. The first-order chi connectivity index (χ1) is 7.46. The summed E-state index contributed by atoms with van der Waals surface area (Å²) in [5.74, 6) is -2.29. The summed E-state index contributed by atoms with van der Waals surface area (Å²) in [5, 5.41) is 5.36. The second kappa shape index (κ2) is 4.28. The number of halogens is 2. The molecule has 1 saturated carbocycles. The van der Waals surface area contributed by atoms with Gasteiger partial charge in [0, 0.05) is 12.5 Å². The summed E-state index contributed by atoms with van der Waals surface area (Å²) in [7, 11) is 0. The summed E-state index contributed by atoms with van der Waals surface area (Å²) in [6.45, 7) is 1.55. The molecule has 16 heavy (non-hydrogen) atoms. The molecule has 2 fully saturated rings. The van der Waals surface area contributed by atoms with E-state index >= 15 is 0 Å². The molecule has 2 N–H and O–H groups in total. The molecular formula is C11H18F2N2O. The number of carbonyl (C=O) groups is 1. The minimum Gasteiger partial charge on any atom is -0.352 e. The van der Waals surface area contributed by atoms with Gasteiger partial charge in [-0.15, -0.1) is 0 Å². The highest BCUT2D eigenvalue weighted by Gasteiger charge is 2.42. The summed E-state index contributed by atoms with van der Waals surface area (Å²) < 4.78 is 25.7. The lowest BCUT2D eigenvalue weighted by molar-refractivity contribution is -0.124. The maximum atomic E-state index is 12.9. The van der Waals surface area contributed by atoms with Crippen molar-refractivity contribution in [2.24, 2.45) is 5.92 Å². The normalized spacial score (nSPS) is 30.1. The summed E-state index contributed by atoms with van der Waals surface area (Å²) in [4.78, 5) is 11.6. The molecular weight excluding hydrogens is 214 g/mol. The first-order valence-electron chi connectivity index (χ1n) is 5.88. The highest BCUT2D eigenvalue weighted by molar-refractivity contribution is 5.82. The molecule has 2 unspecified atom stereocenters. The highest BCUT2D eigenvalue weighted by Crippen LogP contribution is 2.33. The quantitative estimate of drug-likeness (QED) is 0.767. The Morgan fingerprint density at radius 2 is 2.25 bits per heavy atom. The van der Waals surface area contributed by atoms with Crippen LogP contribution in [-0.4, -0.2) is 30.5 Å². The lowest BCUT2D eigenvalue weighted by Crippen LogP contribution is -2.44. The molecule has 3 nitrogen and oxygen atoms in total. The molecule has 1 aliphatic carbocycles. The van der Waals surface area contributed by atoms with Crippen LogP contribution in [0.25, 0.3) is 0 Å². The molecule has 1 saturated heterocycles. The van der Waals surface area contributed by atoms with E-state index in [2.05, 4.69) is 10.6 Å². The van der Waals surface area contributed by atoms with Crippen molar-refractivity contribution >= 4 is 5.91 Å². The van der Waals surface area contributed by atoms with E-state index in [1.165, 1.54) is 12.8 Å². The van der Waals surface area contributed by atoms with Gasteiger partial charge < -0.3 is 5.32 Å². The molecule has 0 aromatic heterocycles. The van der Waals surface area contributed by atoms with E-state index in [1.54, 1.807) is 0 Å². The molecule has 1 heterocycles. The predicted molar refractivity (Wildman–Crippen MR) is 56.3 cm³/mol. The zero-order valence-electron chi connectivity index (χ0n) is 9.43. The smallest absolute Gasteiger partial charge is 0.262 e. The summed E-state index contributed by atoms with van der Waals surface area (Å²) in [6, 6.07) is -0.632. The van der Waals surface area contributed by atoms with Crippen molar-refractivity contribution < 1.29 is 13.6 Å². The first kappa shape index (κ1) is 11.8. The van der Waals surface area contributed by atoms with Gasteiger partial charge in [-0.3, -0.25) is 10.1 Å². The molecule has 2 atom stereocenters. The lowest BCUT2D eigenvalue weighted by Gasteiger charge is -2.16. The van der Waals surface area contributed by atoms with Gasteiger partial charge in [-0.2, -0.15) is 0 Å². The molecule has 0 spiro atoms. The van der Waals surface area contributed by atoms with Crippen molar-refractivity contribution in [2.75, 3.05) is 6.54 Å². The van der Waals surface area contributed by atoms with Gasteiger partial charge in [0.1, 0.15) is 0 Å². The fraction of sp³-hybridized carbons (Fsp3) is 0.909. The Bertz CT molecular complexity index is 279. The third-order valence-corrected chi connectivity index (χ3v) is 3.20. The van der Waals surface area contributed by atoms with Crippen molar-refractivity contribution in [3.8, 4) is 0 Å². The Morgan fingerprint density at radius 3 is 2.75 bits per heavy atom. The third kappa shape index (κ3) is 3.14. The Hall–Kier alpha value is -0.710. The standard InChI is InChI=1S/C11H18F2N2O/c1-7(4-8-2-3-8)15-10(16)9-5-11(12,13)6-14-9/h7-9,14H,2-6H2,1H3,(H,15,16). The second-order valence-corrected chi connectivity index (χ2v) is 5.08. The highest BCUT2D eigenvalue weighted by atomic mass is 19.3. The SMILES string of the molecule is CC(CC1CC1)NC(=O)C1CC(F)(F)CN1. The summed E-state index contributed by atoms with van der Waals surface area (Å²) in [5.41, 5.74) is 0. The Balaban J connectivity index is 1.74. The minimum absolute atomic E-state index is 0.0935. The number of amides is 1. The van der Waals surface area contributed by atoms with Crippen LogP contribution in [0, 0.1) is 5.92 Å². The van der Waals surface area contributed by atoms with Crippen molar-refractivity contribution in [3.05, 3.63) is 0 Å². The summed E-state index contributed by atoms with van der Waals surface area (Å²) >= 11 is 0. The number of nitrogens with one attached hydrogen (secondary N) is 2. The van der Waals surface area contributed by atoms with E-state index in [4.69, 9.17) is 0 Å². The van der Waals surface area contributed by atoms with Gasteiger partial charge >= 0.3 is 0 Å². The van der Waals surface area contributed by atoms with Gasteiger partial charge in [-0.1, -0.05) is 12.8 Å². The van der Waals surface area contributed by atoms with Crippen molar-refractivity contribution in [1.29, 1.82) is 0 Å². The Labute approximate surface area is 94.0 Å².